The lowest BCUT2D eigenvalue weighted by Gasteiger charge is -2.12. The Morgan fingerprint density at radius 2 is 1.90 bits per heavy atom. The fourth-order valence-electron chi connectivity index (χ4n) is 2.35. The summed E-state index contributed by atoms with van der Waals surface area (Å²) in [5.74, 6) is -0.158. The third-order valence-electron chi connectivity index (χ3n) is 3.58. The molecule has 21 heavy (non-hydrogen) atoms. The molecule has 1 aromatic carbocycles. The molecule has 0 saturated carbocycles. The van der Waals surface area contributed by atoms with Crippen LogP contribution in [0.3, 0.4) is 0 Å². The zero-order valence-electron chi connectivity index (χ0n) is 12.1. The van der Waals surface area contributed by atoms with Crippen molar-refractivity contribution in [3.8, 4) is 0 Å². The van der Waals surface area contributed by atoms with Gasteiger partial charge >= 0.3 is 0 Å². The average Bonchev–Trinajstić information content (AvgIpc) is 2.94. The number of amides is 1. The molecular formula is C17H17N3O. The van der Waals surface area contributed by atoms with E-state index in [4.69, 9.17) is 0 Å². The zero-order chi connectivity index (χ0) is 14.8. The van der Waals surface area contributed by atoms with Gasteiger partial charge in [-0.2, -0.15) is 0 Å². The maximum Gasteiger partial charge on any atom is 0.271 e. The van der Waals surface area contributed by atoms with Gasteiger partial charge in [0.05, 0.1) is 6.04 Å². The molecule has 0 spiro atoms. The Labute approximate surface area is 123 Å². The molecule has 0 radical (unpaired) electrons. The summed E-state index contributed by atoms with van der Waals surface area (Å²) in [6.07, 6.45) is 1.78. The number of fused-ring (bicyclic) bond motifs is 1. The summed E-state index contributed by atoms with van der Waals surface area (Å²) in [5.41, 5.74) is 3.35. The second kappa shape index (κ2) is 5.40. The molecule has 1 amide bonds. The van der Waals surface area contributed by atoms with Crippen LogP contribution in [0.25, 0.3) is 5.65 Å². The zero-order valence-corrected chi connectivity index (χ0v) is 12.1. The van der Waals surface area contributed by atoms with Crippen LogP contribution in [0.4, 0.5) is 0 Å². The van der Waals surface area contributed by atoms with E-state index in [0.29, 0.717) is 5.69 Å². The monoisotopic (exact) mass is 279 g/mol. The van der Waals surface area contributed by atoms with Gasteiger partial charge in [0.1, 0.15) is 11.3 Å². The van der Waals surface area contributed by atoms with Gasteiger partial charge in [-0.1, -0.05) is 36.4 Å². The number of pyridine rings is 1. The molecule has 0 aliphatic heterocycles. The Balaban J connectivity index is 1.82. The second-order valence-electron chi connectivity index (χ2n) is 5.13. The highest BCUT2D eigenvalue weighted by Gasteiger charge is 2.14. The van der Waals surface area contributed by atoms with Crippen molar-refractivity contribution in [2.75, 3.05) is 0 Å². The molecular weight excluding hydrogens is 262 g/mol. The molecule has 0 aliphatic rings. The van der Waals surface area contributed by atoms with E-state index in [1.807, 2.05) is 66.8 Å². The molecule has 2 heterocycles. The number of benzene rings is 1. The minimum atomic E-state index is -0.158. The summed E-state index contributed by atoms with van der Waals surface area (Å²) < 4.78 is 1.92. The van der Waals surface area contributed by atoms with Crippen LogP contribution >= 0.6 is 0 Å². The van der Waals surface area contributed by atoms with Crippen molar-refractivity contribution in [3.63, 3.8) is 0 Å². The molecule has 2 aromatic heterocycles. The molecule has 0 saturated heterocycles. The SMILES string of the molecule is Cc1cccc2nc(C(=O)NC(C)c3ccccc3)cn12. The molecule has 0 aliphatic carbocycles. The van der Waals surface area contributed by atoms with E-state index in [1.54, 1.807) is 6.20 Å². The maximum absolute atomic E-state index is 12.3. The predicted molar refractivity (Wildman–Crippen MR) is 82.3 cm³/mol. The summed E-state index contributed by atoms with van der Waals surface area (Å²) in [7, 11) is 0. The van der Waals surface area contributed by atoms with E-state index in [9.17, 15) is 4.79 Å². The first-order valence-electron chi connectivity index (χ1n) is 6.95. The largest absolute Gasteiger partial charge is 0.344 e. The number of hydrogen-bond donors (Lipinski definition) is 1. The fourth-order valence-corrected chi connectivity index (χ4v) is 2.35. The number of aryl methyl sites for hydroxylation is 1. The Hall–Kier alpha value is -2.62. The molecule has 1 atom stereocenters. The van der Waals surface area contributed by atoms with Crippen molar-refractivity contribution >= 4 is 11.6 Å². The first-order chi connectivity index (χ1) is 10.1. The number of imidazole rings is 1. The number of hydrogen-bond acceptors (Lipinski definition) is 2. The van der Waals surface area contributed by atoms with Gasteiger partial charge in [0.2, 0.25) is 0 Å². The third kappa shape index (κ3) is 2.65. The minimum Gasteiger partial charge on any atom is -0.344 e. The van der Waals surface area contributed by atoms with Gasteiger partial charge in [-0.15, -0.1) is 0 Å². The Bertz CT molecular complexity index is 777. The summed E-state index contributed by atoms with van der Waals surface area (Å²) in [5, 5.41) is 2.98. The Morgan fingerprint density at radius 1 is 1.14 bits per heavy atom. The standard InChI is InChI=1S/C17H17N3O/c1-12-7-6-10-16-19-15(11-20(12)16)17(21)18-13(2)14-8-4-3-5-9-14/h3-11,13H,1-2H3,(H,18,21). The normalized spacial score (nSPS) is 12.3. The van der Waals surface area contributed by atoms with Crippen LogP contribution in [0.2, 0.25) is 0 Å². The number of aromatic nitrogens is 2. The molecule has 1 N–H and O–H groups in total. The van der Waals surface area contributed by atoms with Gasteiger partial charge in [-0.05, 0) is 31.5 Å². The quantitative estimate of drug-likeness (QED) is 0.800. The highest BCUT2D eigenvalue weighted by atomic mass is 16.1. The number of carbonyl (C=O) groups excluding carboxylic acids is 1. The van der Waals surface area contributed by atoms with Crippen molar-refractivity contribution in [1.29, 1.82) is 0 Å². The van der Waals surface area contributed by atoms with Crippen molar-refractivity contribution < 1.29 is 4.79 Å². The van der Waals surface area contributed by atoms with Gasteiger partial charge < -0.3 is 9.72 Å². The molecule has 1 unspecified atom stereocenters. The lowest BCUT2D eigenvalue weighted by molar-refractivity contribution is 0.0935. The van der Waals surface area contributed by atoms with Crippen LogP contribution in [0.1, 0.15) is 34.7 Å². The molecule has 0 bridgehead atoms. The van der Waals surface area contributed by atoms with E-state index in [1.165, 1.54) is 0 Å². The molecule has 3 aromatic rings. The first-order valence-corrected chi connectivity index (χ1v) is 6.95. The Morgan fingerprint density at radius 3 is 2.62 bits per heavy atom. The number of nitrogens with zero attached hydrogens (tertiary/aromatic N) is 2. The number of carbonyl (C=O) groups is 1. The van der Waals surface area contributed by atoms with Gasteiger partial charge in [-0.3, -0.25) is 4.79 Å². The van der Waals surface area contributed by atoms with E-state index in [0.717, 1.165) is 16.9 Å². The Kier molecular flexibility index (Phi) is 3.44. The molecule has 0 fully saturated rings. The highest BCUT2D eigenvalue weighted by molar-refractivity contribution is 5.93. The molecule has 4 nitrogen and oxygen atoms in total. The summed E-state index contributed by atoms with van der Waals surface area (Å²) in [6.45, 7) is 3.96. The van der Waals surface area contributed by atoms with Crippen LogP contribution < -0.4 is 5.32 Å². The first kappa shape index (κ1) is 13.4. The molecule has 4 heteroatoms. The smallest absolute Gasteiger partial charge is 0.271 e. The van der Waals surface area contributed by atoms with Gasteiger partial charge in [-0.25, -0.2) is 4.98 Å². The predicted octanol–water partition coefficient (Wildman–Crippen LogP) is 3.13. The van der Waals surface area contributed by atoms with E-state index in [2.05, 4.69) is 10.3 Å². The van der Waals surface area contributed by atoms with Gasteiger partial charge in [0, 0.05) is 11.9 Å². The van der Waals surface area contributed by atoms with Crippen LogP contribution in [0.15, 0.2) is 54.7 Å². The minimum absolute atomic E-state index is 0.0513. The lowest BCUT2D eigenvalue weighted by Crippen LogP contribution is -2.26. The van der Waals surface area contributed by atoms with Gasteiger partial charge in [0.15, 0.2) is 0 Å². The average molecular weight is 279 g/mol. The number of rotatable bonds is 3. The topological polar surface area (TPSA) is 46.4 Å². The molecule has 3 rings (SSSR count). The van der Waals surface area contributed by atoms with Crippen LogP contribution in [0.5, 0.6) is 0 Å². The van der Waals surface area contributed by atoms with E-state index in [-0.39, 0.29) is 11.9 Å². The van der Waals surface area contributed by atoms with Crippen LogP contribution in [-0.2, 0) is 0 Å². The van der Waals surface area contributed by atoms with Crippen LogP contribution in [0, 0.1) is 6.92 Å². The van der Waals surface area contributed by atoms with Crippen LogP contribution in [-0.4, -0.2) is 15.3 Å². The van der Waals surface area contributed by atoms with Crippen molar-refractivity contribution in [2.45, 2.75) is 19.9 Å². The second-order valence-corrected chi connectivity index (χ2v) is 5.13. The summed E-state index contributed by atoms with van der Waals surface area (Å²) >= 11 is 0. The fraction of sp³-hybridized carbons (Fsp3) is 0.176. The van der Waals surface area contributed by atoms with E-state index < -0.39 is 0 Å². The van der Waals surface area contributed by atoms with Crippen molar-refractivity contribution in [3.05, 3.63) is 71.7 Å². The summed E-state index contributed by atoms with van der Waals surface area (Å²) in [4.78, 5) is 16.7. The lowest BCUT2D eigenvalue weighted by atomic mass is 10.1. The number of nitrogens with one attached hydrogen (secondary N) is 1. The highest BCUT2D eigenvalue weighted by Crippen LogP contribution is 2.13. The van der Waals surface area contributed by atoms with E-state index >= 15 is 0 Å². The van der Waals surface area contributed by atoms with Crippen molar-refractivity contribution in [1.82, 2.24) is 14.7 Å². The molecule has 106 valence electrons. The maximum atomic E-state index is 12.3. The summed E-state index contributed by atoms with van der Waals surface area (Å²) in [6, 6.07) is 15.7. The van der Waals surface area contributed by atoms with Gasteiger partial charge in [0.25, 0.3) is 5.91 Å². The third-order valence-corrected chi connectivity index (χ3v) is 3.58. The van der Waals surface area contributed by atoms with Crippen molar-refractivity contribution in [2.24, 2.45) is 0 Å².